The third-order valence-electron chi connectivity index (χ3n) is 8.41. The topological polar surface area (TPSA) is 13.0 Å². The number of fused-ring (bicyclic) bond motifs is 2. The van der Waals surface area contributed by atoms with Crippen molar-refractivity contribution in [2.75, 3.05) is 39.3 Å². The van der Waals surface area contributed by atoms with Crippen molar-refractivity contribution in [3.8, 4) is 0 Å². The van der Waals surface area contributed by atoms with E-state index in [1.54, 1.807) is 0 Å². The molecule has 31 heavy (non-hydrogen) atoms. The number of likely N-dealkylation sites (tertiary alicyclic amines) is 4. The molecule has 0 spiro atoms. The zero-order chi connectivity index (χ0) is 23.6. The van der Waals surface area contributed by atoms with Crippen molar-refractivity contribution in [2.24, 2.45) is 11.8 Å². The Hall–Kier alpha value is -0.160. The molecule has 182 valence electrons. The molecule has 0 radical (unpaired) electrons. The second kappa shape index (κ2) is 8.25. The Kier molecular flexibility index (Phi) is 6.78. The van der Waals surface area contributed by atoms with Crippen molar-refractivity contribution in [3.63, 3.8) is 0 Å². The lowest BCUT2D eigenvalue weighted by molar-refractivity contribution is -0.108. The highest BCUT2D eigenvalue weighted by Gasteiger charge is 2.51. The molecule has 4 fully saturated rings. The molecule has 0 aliphatic carbocycles. The SMILES string of the molecule is CC(C)(C)N1CC2CN(C(C)(C)C)C2C1.CC(C)(C)N1CCC2CN(C(C)(C)C)C2C1. The Labute approximate surface area is 194 Å². The van der Waals surface area contributed by atoms with E-state index in [-0.39, 0.29) is 0 Å². The maximum atomic E-state index is 2.69. The second-order valence-corrected chi connectivity index (χ2v) is 14.8. The van der Waals surface area contributed by atoms with E-state index in [4.69, 9.17) is 0 Å². The van der Waals surface area contributed by atoms with Crippen LogP contribution in [0.4, 0.5) is 0 Å². The minimum absolute atomic E-state index is 0.337. The summed E-state index contributed by atoms with van der Waals surface area (Å²) in [4.78, 5) is 10.7. The van der Waals surface area contributed by atoms with Gasteiger partial charge in [0.2, 0.25) is 0 Å². The highest BCUT2D eigenvalue weighted by Crippen LogP contribution is 2.40. The van der Waals surface area contributed by atoms with Crippen LogP contribution in [0.3, 0.4) is 0 Å². The fourth-order valence-corrected chi connectivity index (χ4v) is 6.13. The van der Waals surface area contributed by atoms with E-state index in [0.29, 0.717) is 22.2 Å². The molecule has 0 amide bonds. The van der Waals surface area contributed by atoms with Gasteiger partial charge < -0.3 is 0 Å². The lowest BCUT2D eigenvalue weighted by Gasteiger charge is -2.60. The number of piperidine rings is 1. The van der Waals surface area contributed by atoms with Gasteiger partial charge >= 0.3 is 0 Å². The van der Waals surface area contributed by atoms with Crippen LogP contribution in [0.5, 0.6) is 0 Å². The highest BCUT2D eigenvalue weighted by atomic mass is 15.4. The summed E-state index contributed by atoms with van der Waals surface area (Å²) < 4.78 is 0. The zero-order valence-corrected chi connectivity index (χ0v) is 23.0. The predicted molar refractivity (Wildman–Crippen MR) is 135 cm³/mol. The van der Waals surface area contributed by atoms with Crippen molar-refractivity contribution in [1.29, 1.82) is 0 Å². The summed E-state index contributed by atoms with van der Waals surface area (Å²) in [5, 5.41) is 0. The molecule has 4 nitrogen and oxygen atoms in total. The van der Waals surface area contributed by atoms with Crippen LogP contribution in [0.15, 0.2) is 0 Å². The van der Waals surface area contributed by atoms with E-state index < -0.39 is 0 Å². The molecule has 4 saturated heterocycles. The molecule has 4 atom stereocenters. The van der Waals surface area contributed by atoms with Crippen LogP contribution in [-0.4, -0.2) is 93.1 Å². The van der Waals surface area contributed by atoms with E-state index in [0.717, 1.165) is 23.9 Å². The maximum absolute atomic E-state index is 2.69. The largest absolute Gasteiger partial charge is 0.297 e. The summed E-state index contributed by atoms with van der Waals surface area (Å²) in [5.41, 5.74) is 1.39. The molecule has 4 unspecified atom stereocenters. The summed E-state index contributed by atoms with van der Waals surface area (Å²) in [7, 11) is 0. The molecule has 0 aromatic carbocycles. The van der Waals surface area contributed by atoms with Gasteiger partial charge in [0.05, 0.1) is 0 Å². The van der Waals surface area contributed by atoms with Gasteiger partial charge in [-0.05, 0) is 102 Å². The standard InChI is InChI=1S/C14H28N2.C13H26N2/c1-13(2,3)15-8-7-11-9-16(12(11)10-15)14(4,5)6;1-12(2,3)14-7-10-8-15(11(10)9-14)13(4,5)6/h11-12H,7-10H2,1-6H3;10-11H,7-9H2,1-6H3. The Morgan fingerprint density at radius 3 is 1.32 bits per heavy atom. The Morgan fingerprint density at radius 1 is 0.452 bits per heavy atom. The van der Waals surface area contributed by atoms with Gasteiger partial charge in [0.25, 0.3) is 0 Å². The Bertz CT molecular complexity index is 589. The van der Waals surface area contributed by atoms with Crippen LogP contribution in [0.2, 0.25) is 0 Å². The minimum Gasteiger partial charge on any atom is -0.297 e. The zero-order valence-electron chi connectivity index (χ0n) is 23.0. The van der Waals surface area contributed by atoms with Gasteiger partial charge in [-0.2, -0.15) is 0 Å². The summed E-state index contributed by atoms with van der Waals surface area (Å²) in [6.07, 6.45) is 1.40. The maximum Gasteiger partial charge on any atom is 0.0281 e. The average Bonchev–Trinajstić information content (AvgIpc) is 2.82. The van der Waals surface area contributed by atoms with Gasteiger partial charge in [0.15, 0.2) is 0 Å². The molecule has 4 aliphatic rings. The first-order valence-corrected chi connectivity index (χ1v) is 12.9. The number of rotatable bonds is 0. The molecular weight excluding hydrogens is 380 g/mol. The average molecular weight is 435 g/mol. The Balaban J connectivity index is 0.000000176. The molecule has 0 bridgehead atoms. The summed E-state index contributed by atoms with van der Waals surface area (Å²) in [6.45, 7) is 35.8. The van der Waals surface area contributed by atoms with E-state index in [1.165, 1.54) is 45.7 Å². The molecule has 0 aromatic heterocycles. The quantitative estimate of drug-likeness (QED) is 0.543. The van der Waals surface area contributed by atoms with Crippen molar-refractivity contribution >= 4 is 0 Å². The van der Waals surface area contributed by atoms with Gasteiger partial charge in [0, 0.05) is 72.9 Å². The van der Waals surface area contributed by atoms with Crippen molar-refractivity contribution in [1.82, 2.24) is 19.6 Å². The third-order valence-corrected chi connectivity index (χ3v) is 8.41. The van der Waals surface area contributed by atoms with Crippen LogP contribution < -0.4 is 0 Å². The first-order valence-electron chi connectivity index (χ1n) is 12.9. The molecule has 0 N–H and O–H groups in total. The van der Waals surface area contributed by atoms with E-state index in [2.05, 4.69) is 103 Å². The van der Waals surface area contributed by atoms with Gasteiger partial charge in [-0.25, -0.2) is 0 Å². The molecule has 4 heterocycles. The highest BCUT2D eigenvalue weighted by molar-refractivity contribution is 5.06. The third kappa shape index (κ3) is 5.50. The van der Waals surface area contributed by atoms with E-state index in [9.17, 15) is 0 Å². The lowest BCUT2D eigenvalue weighted by atomic mass is 9.78. The van der Waals surface area contributed by atoms with Crippen molar-refractivity contribution in [3.05, 3.63) is 0 Å². The van der Waals surface area contributed by atoms with Gasteiger partial charge in [-0.1, -0.05) is 0 Å². The fourth-order valence-electron chi connectivity index (χ4n) is 6.13. The van der Waals surface area contributed by atoms with E-state index in [1.807, 2.05) is 0 Å². The monoisotopic (exact) mass is 434 g/mol. The molecular formula is C27H54N4. The second-order valence-electron chi connectivity index (χ2n) is 14.8. The van der Waals surface area contributed by atoms with Crippen molar-refractivity contribution < 1.29 is 0 Å². The first-order chi connectivity index (χ1) is 13.9. The first kappa shape index (κ1) is 25.5. The molecule has 4 aliphatic heterocycles. The molecule has 0 saturated carbocycles. The fraction of sp³-hybridized carbons (Fsp3) is 1.00. The summed E-state index contributed by atoms with van der Waals surface area (Å²) in [5.74, 6) is 1.90. The number of hydrogen-bond donors (Lipinski definition) is 0. The molecule has 0 aromatic rings. The number of hydrogen-bond acceptors (Lipinski definition) is 4. The minimum atomic E-state index is 0.337. The predicted octanol–water partition coefficient (Wildman–Crippen LogP) is 4.79. The lowest BCUT2D eigenvalue weighted by Crippen LogP contribution is -2.70. The van der Waals surface area contributed by atoms with Gasteiger partial charge in [-0.15, -0.1) is 0 Å². The van der Waals surface area contributed by atoms with Crippen molar-refractivity contribution in [2.45, 2.75) is 124 Å². The molecule has 4 heteroatoms. The van der Waals surface area contributed by atoms with Crippen LogP contribution >= 0.6 is 0 Å². The number of nitrogens with zero attached hydrogens (tertiary/aromatic N) is 4. The van der Waals surface area contributed by atoms with Crippen LogP contribution in [-0.2, 0) is 0 Å². The molecule has 4 rings (SSSR count). The Morgan fingerprint density at radius 2 is 0.871 bits per heavy atom. The van der Waals surface area contributed by atoms with Gasteiger partial charge in [0.1, 0.15) is 0 Å². The normalized spacial score (nSPS) is 33.7. The van der Waals surface area contributed by atoms with Crippen LogP contribution in [0, 0.1) is 11.8 Å². The van der Waals surface area contributed by atoms with Crippen LogP contribution in [0.1, 0.15) is 89.5 Å². The van der Waals surface area contributed by atoms with Crippen LogP contribution in [0.25, 0.3) is 0 Å². The summed E-state index contributed by atoms with van der Waals surface area (Å²) in [6, 6.07) is 1.64. The van der Waals surface area contributed by atoms with Gasteiger partial charge in [-0.3, -0.25) is 19.6 Å². The van der Waals surface area contributed by atoms with E-state index >= 15 is 0 Å². The summed E-state index contributed by atoms with van der Waals surface area (Å²) >= 11 is 0. The smallest absolute Gasteiger partial charge is 0.0281 e.